The second-order valence-electron chi connectivity index (χ2n) is 6.15. The molecule has 116 valence electrons. The molecule has 2 N–H and O–H groups in total. The van der Waals surface area contributed by atoms with Crippen molar-refractivity contribution in [2.45, 2.75) is 38.6 Å². The van der Waals surface area contributed by atoms with E-state index in [1.807, 2.05) is 24.3 Å². The van der Waals surface area contributed by atoms with Crippen molar-refractivity contribution < 1.29 is 14.6 Å². The average Bonchev–Trinajstić information content (AvgIpc) is 3.25. The third-order valence-corrected chi connectivity index (χ3v) is 4.47. The number of methoxy groups -OCH3 is 1. The number of carboxylic acid groups (broad SMARTS) is 1. The van der Waals surface area contributed by atoms with Crippen LogP contribution >= 0.6 is 0 Å². The van der Waals surface area contributed by atoms with E-state index in [1.54, 1.807) is 14.0 Å². The molecule has 0 amide bonds. The van der Waals surface area contributed by atoms with Gasteiger partial charge in [-0.2, -0.15) is 0 Å². The van der Waals surface area contributed by atoms with Crippen molar-refractivity contribution in [2.75, 3.05) is 20.3 Å². The summed E-state index contributed by atoms with van der Waals surface area (Å²) in [6.45, 7) is 4.41. The fraction of sp³-hybridized carbons (Fsp3) is 0.588. The molecule has 1 fully saturated rings. The molecule has 0 spiro atoms. The Morgan fingerprint density at radius 1 is 1.38 bits per heavy atom. The van der Waals surface area contributed by atoms with E-state index in [9.17, 15) is 4.79 Å². The monoisotopic (exact) mass is 291 g/mol. The summed E-state index contributed by atoms with van der Waals surface area (Å²) < 4.78 is 5.16. The number of aliphatic carboxylic acids is 1. The Balaban J connectivity index is 1.78. The molecule has 0 radical (unpaired) electrons. The zero-order valence-electron chi connectivity index (χ0n) is 12.9. The number of ether oxygens (including phenoxy) is 1. The topological polar surface area (TPSA) is 58.6 Å². The lowest BCUT2D eigenvalue weighted by atomic mass is 10.00. The molecule has 1 atom stereocenters. The van der Waals surface area contributed by atoms with Gasteiger partial charge in [-0.05, 0) is 42.7 Å². The van der Waals surface area contributed by atoms with Crippen LogP contribution in [0.5, 0.6) is 0 Å². The number of hydrogen-bond acceptors (Lipinski definition) is 3. The van der Waals surface area contributed by atoms with E-state index in [0.29, 0.717) is 5.41 Å². The van der Waals surface area contributed by atoms with Crippen LogP contribution in [0.4, 0.5) is 0 Å². The number of carbonyl (C=O) groups is 1. The predicted octanol–water partition coefficient (Wildman–Crippen LogP) is 2.78. The van der Waals surface area contributed by atoms with Crippen LogP contribution in [0.3, 0.4) is 0 Å². The van der Waals surface area contributed by atoms with E-state index in [0.717, 1.165) is 31.7 Å². The Hall–Kier alpha value is -1.39. The summed E-state index contributed by atoms with van der Waals surface area (Å²) in [7, 11) is 1.75. The zero-order valence-corrected chi connectivity index (χ0v) is 12.9. The predicted molar refractivity (Wildman–Crippen MR) is 82.4 cm³/mol. The molecule has 0 saturated heterocycles. The molecular weight excluding hydrogens is 266 g/mol. The summed E-state index contributed by atoms with van der Waals surface area (Å²) in [5.74, 6) is -1.23. The fourth-order valence-corrected chi connectivity index (χ4v) is 2.55. The third-order valence-electron chi connectivity index (χ3n) is 4.47. The Kier molecular flexibility index (Phi) is 5.37. The second-order valence-corrected chi connectivity index (χ2v) is 6.15. The summed E-state index contributed by atoms with van der Waals surface area (Å²) in [5.41, 5.74) is 2.50. The standard InChI is InChI=1S/C17H25NO3/c1-13(16(19)20)15-5-3-14(4-6-15)11-18-12-17(7-8-17)9-10-21-2/h3-6,13,18H,7-12H2,1-2H3,(H,19,20). The van der Waals surface area contributed by atoms with Crippen LogP contribution in [-0.2, 0) is 16.1 Å². The first kappa shape index (κ1) is 16.0. The van der Waals surface area contributed by atoms with Crippen molar-refractivity contribution in [3.05, 3.63) is 35.4 Å². The molecule has 0 heterocycles. The van der Waals surface area contributed by atoms with E-state index in [2.05, 4.69) is 5.32 Å². The highest BCUT2D eigenvalue weighted by molar-refractivity contribution is 5.75. The largest absolute Gasteiger partial charge is 0.481 e. The normalized spacial score (nSPS) is 17.4. The maximum absolute atomic E-state index is 10.9. The van der Waals surface area contributed by atoms with Crippen LogP contribution in [0.25, 0.3) is 0 Å². The lowest BCUT2D eigenvalue weighted by Crippen LogP contribution is -2.24. The van der Waals surface area contributed by atoms with E-state index in [-0.39, 0.29) is 0 Å². The maximum atomic E-state index is 10.9. The van der Waals surface area contributed by atoms with Crippen LogP contribution < -0.4 is 5.32 Å². The van der Waals surface area contributed by atoms with Gasteiger partial charge in [0.15, 0.2) is 0 Å². The quantitative estimate of drug-likeness (QED) is 0.734. The number of rotatable bonds is 9. The molecule has 21 heavy (non-hydrogen) atoms. The summed E-state index contributed by atoms with van der Waals surface area (Å²) in [4.78, 5) is 10.9. The number of benzene rings is 1. The van der Waals surface area contributed by atoms with Crippen molar-refractivity contribution >= 4 is 5.97 Å². The van der Waals surface area contributed by atoms with Crippen molar-refractivity contribution in [1.29, 1.82) is 0 Å². The first-order chi connectivity index (χ1) is 10.1. The maximum Gasteiger partial charge on any atom is 0.310 e. The Bertz CT molecular complexity index is 465. The van der Waals surface area contributed by atoms with Crippen LogP contribution in [0.15, 0.2) is 24.3 Å². The molecule has 1 saturated carbocycles. The molecule has 2 rings (SSSR count). The summed E-state index contributed by atoms with van der Waals surface area (Å²) in [6.07, 6.45) is 3.71. The van der Waals surface area contributed by atoms with E-state index in [1.165, 1.54) is 18.4 Å². The van der Waals surface area contributed by atoms with Crippen molar-refractivity contribution in [2.24, 2.45) is 5.41 Å². The highest BCUT2D eigenvalue weighted by Gasteiger charge is 2.41. The molecule has 4 heteroatoms. The van der Waals surface area contributed by atoms with Crippen LogP contribution in [0.1, 0.15) is 43.2 Å². The van der Waals surface area contributed by atoms with Gasteiger partial charge in [0.1, 0.15) is 0 Å². The fourth-order valence-electron chi connectivity index (χ4n) is 2.55. The van der Waals surface area contributed by atoms with Crippen molar-refractivity contribution in [3.63, 3.8) is 0 Å². The van der Waals surface area contributed by atoms with Crippen molar-refractivity contribution in [1.82, 2.24) is 5.32 Å². The van der Waals surface area contributed by atoms with Gasteiger partial charge in [0, 0.05) is 26.8 Å². The van der Waals surface area contributed by atoms with E-state index in [4.69, 9.17) is 9.84 Å². The van der Waals surface area contributed by atoms with E-state index < -0.39 is 11.9 Å². The smallest absolute Gasteiger partial charge is 0.310 e. The average molecular weight is 291 g/mol. The van der Waals surface area contributed by atoms with Gasteiger partial charge < -0.3 is 15.2 Å². The Labute approximate surface area is 126 Å². The third kappa shape index (κ3) is 4.55. The van der Waals surface area contributed by atoms with Gasteiger partial charge in [0.25, 0.3) is 0 Å². The minimum absolute atomic E-state index is 0.448. The summed E-state index contributed by atoms with van der Waals surface area (Å²) >= 11 is 0. The minimum Gasteiger partial charge on any atom is -0.481 e. The number of carboxylic acids is 1. The molecule has 1 aromatic rings. The SMILES string of the molecule is COCCC1(CNCc2ccc(C(C)C(=O)O)cc2)CC1. The molecular formula is C17H25NO3. The Morgan fingerprint density at radius 3 is 2.57 bits per heavy atom. The highest BCUT2D eigenvalue weighted by atomic mass is 16.5. The first-order valence-electron chi connectivity index (χ1n) is 7.58. The lowest BCUT2D eigenvalue weighted by molar-refractivity contribution is -0.138. The zero-order chi connectivity index (χ0) is 15.3. The second kappa shape index (κ2) is 7.05. The van der Waals surface area contributed by atoms with Crippen molar-refractivity contribution in [3.8, 4) is 0 Å². The molecule has 1 aliphatic carbocycles. The summed E-state index contributed by atoms with van der Waals surface area (Å²) in [6, 6.07) is 7.84. The molecule has 1 unspecified atom stereocenters. The molecule has 0 bridgehead atoms. The number of hydrogen-bond donors (Lipinski definition) is 2. The number of nitrogens with one attached hydrogen (secondary N) is 1. The van der Waals surface area contributed by atoms with Gasteiger partial charge in [-0.25, -0.2) is 0 Å². The molecule has 4 nitrogen and oxygen atoms in total. The van der Waals surface area contributed by atoms with Crippen LogP contribution in [0.2, 0.25) is 0 Å². The van der Waals surface area contributed by atoms with E-state index >= 15 is 0 Å². The van der Waals surface area contributed by atoms with Crippen LogP contribution in [0, 0.1) is 5.41 Å². The van der Waals surface area contributed by atoms with Gasteiger partial charge in [-0.15, -0.1) is 0 Å². The molecule has 1 aromatic carbocycles. The first-order valence-corrected chi connectivity index (χ1v) is 7.58. The van der Waals surface area contributed by atoms with Crippen LogP contribution in [-0.4, -0.2) is 31.3 Å². The van der Waals surface area contributed by atoms with Gasteiger partial charge >= 0.3 is 5.97 Å². The Morgan fingerprint density at radius 2 is 2.05 bits per heavy atom. The highest BCUT2D eigenvalue weighted by Crippen LogP contribution is 2.48. The minimum atomic E-state index is -0.783. The molecule has 0 aromatic heterocycles. The molecule has 0 aliphatic heterocycles. The van der Waals surface area contributed by atoms with Gasteiger partial charge in [0.05, 0.1) is 5.92 Å². The lowest BCUT2D eigenvalue weighted by Gasteiger charge is -2.15. The van der Waals surface area contributed by atoms with Gasteiger partial charge in [-0.1, -0.05) is 24.3 Å². The molecule has 1 aliphatic rings. The van der Waals surface area contributed by atoms with Gasteiger partial charge in [0.2, 0.25) is 0 Å². The van der Waals surface area contributed by atoms with Gasteiger partial charge in [-0.3, -0.25) is 4.79 Å². The summed E-state index contributed by atoms with van der Waals surface area (Å²) in [5, 5.41) is 12.5.